The molecule has 0 unspecified atom stereocenters. The van der Waals surface area contributed by atoms with Gasteiger partial charge in [-0.25, -0.2) is 4.79 Å². The summed E-state index contributed by atoms with van der Waals surface area (Å²) in [5.74, 6) is -0.794. The predicted molar refractivity (Wildman–Crippen MR) is 73.8 cm³/mol. The Morgan fingerprint density at radius 1 is 1.42 bits per heavy atom. The maximum atomic E-state index is 11.2. The lowest BCUT2D eigenvalue weighted by molar-refractivity contribution is 0.0684. The number of hydrogen-bond acceptors (Lipinski definition) is 2. The summed E-state index contributed by atoms with van der Waals surface area (Å²) in [5, 5.41) is 14.2. The average Bonchev–Trinajstić information content (AvgIpc) is 2.76. The van der Waals surface area contributed by atoms with Gasteiger partial charge in [0.25, 0.3) is 0 Å². The molecule has 0 saturated heterocycles. The summed E-state index contributed by atoms with van der Waals surface area (Å²) in [5.41, 5.74) is 1.80. The van der Waals surface area contributed by atoms with E-state index in [0.29, 0.717) is 11.6 Å². The summed E-state index contributed by atoms with van der Waals surface area (Å²) in [6, 6.07) is 8.97. The van der Waals surface area contributed by atoms with E-state index >= 15 is 0 Å². The van der Waals surface area contributed by atoms with E-state index in [0.717, 1.165) is 11.3 Å². The summed E-state index contributed by atoms with van der Waals surface area (Å²) in [4.78, 5) is 11.2. The molecule has 1 N–H and O–H groups in total. The number of carboxylic acid groups (broad SMARTS) is 1. The Morgan fingerprint density at radius 2 is 2.11 bits per heavy atom. The molecule has 1 heterocycles. The molecule has 0 spiro atoms. The predicted octanol–water partition coefficient (Wildman–Crippen LogP) is 3.41. The van der Waals surface area contributed by atoms with E-state index in [1.807, 2.05) is 32.0 Å². The number of hydrogen-bond donors (Lipinski definition) is 1. The van der Waals surface area contributed by atoms with Gasteiger partial charge in [-0.1, -0.05) is 43.6 Å². The largest absolute Gasteiger partial charge is 0.477 e. The third-order valence-electron chi connectivity index (χ3n) is 2.89. The molecule has 1 aromatic carbocycles. The Morgan fingerprint density at radius 3 is 2.68 bits per heavy atom. The molecule has 0 aliphatic carbocycles. The normalized spacial score (nSPS) is 10.9. The highest BCUT2D eigenvalue weighted by Gasteiger charge is 2.16. The van der Waals surface area contributed by atoms with Gasteiger partial charge in [-0.3, -0.25) is 4.68 Å². The smallest absolute Gasteiger partial charge is 0.354 e. The van der Waals surface area contributed by atoms with Crippen molar-refractivity contribution in [2.45, 2.75) is 26.3 Å². The molecule has 0 radical (unpaired) electrons. The zero-order chi connectivity index (χ0) is 14.0. The molecule has 0 aliphatic heterocycles. The molecule has 0 amide bonds. The van der Waals surface area contributed by atoms with Crippen LogP contribution in [0.2, 0.25) is 5.02 Å². The summed E-state index contributed by atoms with van der Waals surface area (Å²) in [6.45, 7) is 4.32. The minimum atomic E-state index is -0.980. The molecule has 100 valence electrons. The van der Waals surface area contributed by atoms with Gasteiger partial charge >= 0.3 is 5.97 Å². The van der Waals surface area contributed by atoms with Crippen LogP contribution in [-0.2, 0) is 6.54 Å². The van der Waals surface area contributed by atoms with E-state index in [4.69, 9.17) is 11.6 Å². The Bertz CT molecular complexity index is 605. The zero-order valence-electron chi connectivity index (χ0n) is 10.8. The number of aromatic nitrogens is 2. The number of benzene rings is 1. The third kappa shape index (κ3) is 2.96. The van der Waals surface area contributed by atoms with Crippen molar-refractivity contribution in [3.63, 3.8) is 0 Å². The van der Waals surface area contributed by atoms with E-state index in [2.05, 4.69) is 5.10 Å². The second-order valence-corrected chi connectivity index (χ2v) is 5.07. The van der Waals surface area contributed by atoms with Crippen LogP contribution in [0.15, 0.2) is 30.3 Å². The zero-order valence-corrected chi connectivity index (χ0v) is 11.6. The van der Waals surface area contributed by atoms with Gasteiger partial charge in [-0.05, 0) is 23.6 Å². The van der Waals surface area contributed by atoms with Gasteiger partial charge in [0.1, 0.15) is 5.69 Å². The first-order chi connectivity index (χ1) is 8.99. The van der Waals surface area contributed by atoms with Gasteiger partial charge in [0.2, 0.25) is 0 Å². The van der Waals surface area contributed by atoms with Gasteiger partial charge < -0.3 is 5.11 Å². The number of carboxylic acids is 1. The summed E-state index contributed by atoms with van der Waals surface area (Å²) < 4.78 is 1.48. The standard InChI is InChI=1S/C14H15ClN2O2/c1-9(2)12-7-13(14(18)19)17(16-12)8-10-5-3-4-6-11(10)15/h3-7,9H,8H2,1-2H3,(H,18,19). The number of halogens is 1. The molecule has 5 heteroatoms. The fourth-order valence-electron chi connectivity index (χ4n) is 1.80. The lowest BCUT2D eigenvalue weighted by atomic mass is 10.1. The van der Waals surface area contributed by atoms with Gasteiger partial charge in [-0.15, -0.1) is 0 Å². The van der Waals surface area contributed by atoms with Crippen LogP contribution in [0.25, 0.3) is 0 Å². The number of rotatable bonds is 4. The fourth-order valence-corrected chi connectivity index (χ4v) is 1.99. The molecule has 4 nitrogen and oxygen atoms in total. The second kappa shape index (κ2) is 5.45. The van der Waals surface area contributed by atoms with E-state index in [9.17, 15) is 9.90 Å². The van der Waals surface area contributed by atoms with Crippen LogP contribution in [-0.4, -0.2) is 20.9 Å². The van der Waals surface area contributed by atoms with Crippen LogP contribution in [0.3, 0.4) is 0 Å². The van der Waals surface area contributed by atoms with Crippen LogP contribution in [0.1, 0.15) is 41.5 Å². The lowest BCUT2D eigenvalue weighted by Crippen LogP contribution is -2.11. The minimum Gasteiger partial charge on any atom is -0.477 e. The number of nitrogens with zero attached hydrogens (tertiary/aromatic N) is 2. The maximum absolute atomic E-state index is 11.2. The molecule has 2 aromatic rings. The van der Waals surface area contributed by atoms with Gasteiger partial charge in [-0.2, -0.15) is 5.10 Å². The van der Waals surface area contributed by atoms with Gasteiger partial charge in [0.05, 0.1) is 12.2 Å². The first-order valence-corrected chi connectivity index (χ1v) is 6.41. The van der Waals surface area contributed by atoms with Gasteiger partial charge in [0, 0.05) is 5.02 Å². The highest BCUT2D eigenvalue weighted by atomic mass is 35.5. The van der Waals surface area contributed by atoms with Crippen LogP contribution >= 0.6 is 11.6 Å². The van der Waals surface area contributed by atoms with Crippen LogP contribution in [0.4, 0.5) is 0 Å². The van der Waals surface area contributed by atoms with E-state index in [1.165, 1.54) is 4.68 Å². The second-order valence-electron chi connectivity index (χ2n) is 4.66. The molecule has 0 saturated carbocycles. The molecular formula is C14H15ClN2O2. The SMILES string of the molecule is CC(C)c1cc(C(=O)O)n(Cc2ccccc2Cl)n1. The maximum Gasteiger partial charge on any atom is 0.354 e. The van der Waals surface area contributed by atoms with Crippen molar-refractivity contribution in [3.05, 3.63) is 52.3 Å². The molecule has 19 heavy (non-hydrogen) atoms. The first kappa shape index (κ1) is 13.6. The van der Waals surface area contributed by atoms with Crippen LogP contribution in [0.5, 0.6) is 0 Å². The average molecular weight is 279 g/mol. The highest BCUT2D eigenvalue weighted by Crippen LogP contribution is 2.19. The van der Waals surface area contributed by atoms with Crippen molar-refractivity contribution in [2.24, 2.45) is 0 Å². The topological polar surface area (TPSA) is 55.1 Å². The van der Waals surface area contributed by atoms with Crippen molar-refractivity contribution in [2.75, 3.05) is 0 Å². The lowest BCUT2D eigenvalue weighted by Gasteiger charge is -2.06. The number of aromatic carboxylic acids is 1. The Balaban J connectivity index is 2.39. The summed E-state index contributed by atoms with van der Waals surface area (Å²) in [6.07, 6.45) is 0. The van der Waals surface area contributed by atoms with Gasteiger partial charge in [0.15, 0.2) is 0 Å². The van der Waals surface area contributed by atoms with Crippen LogP contribution in [0, 0.1) is 0 Å². The number of carbonyl (C=O) groups is 1. The monoisotopic (exact) mass is 278 g/mol. The third-order valence-corrected chi connectivity index (χ3v) is 3.26. The van der Waals surface area contributed by atoms with Crippen molar-refractivity contribution in [1.29, 1.82) is 0 Å². The van der Waals surface area contributed by atoms with Crippen molar-refractivity contribution < 1.29 is 9.90 Å². The fraction of sp³-hybridized carbons (Fsp3) is 0.286. The van der Waals surface area contributed by atoms with Crippen molar-refractivity contribution >= 4 is 17.6 Å². The minimum absolute atomic E-state index is 0.184. The first-order valence-electron chi connectivity index (χ1n) is 6.03. The Kier molecular flexibility index (Phi) is 3.90. The molecule has 0 bridgehead atoms. The highest BCUT2D eigenvalue weighted by molar-refractivity contribution is 6.31. The van der Waals surface area contributed by atoms with E-state index < -0.39 is 5.97 Å². The summed E-state index contributed by atoms with van der Waals surface area (Å²) in [7, 11) is 0. The molecule has 0 atom stereocenters. The van der Waals surface area contributed by atoms with Crippen molar-refractivity contribution in [1.82, 2.24) is 9.78 Å². The van der Waals surface area contributed by atoms with Crippen molar-refractivity contribution in [3.8, 4) is 0 Å². The Hall–Kier alpha value is -1.81. The molecule has 0 fully saturated rings. The summed E-state index contributed by atoms with van der Waals surface area (Å²) >= 11 is 6.09. The quantitative estimate of drug-likeness (QED) is 0.932. The molecule has 0 aliphatic rings. The molecule has 2 rings (SSSR count). The molecular weight excluding hydrogens is 264 g/mol. The van der Waals surface area contributed by atoms with E-state index in [-0.39, 0.29) is 11.6 Å². The Labute approximate surface area is 116 Å². The van der Waals surface area contributed by atoms with Crippen LogP contribution < -0.4 is 0 Å². The molecule has 1 aromatic heterocycles. The van der Waals surface area contributed by atoms with E-state index in [1.54, 1.807) is 12.1 Å².